The summed E-state index contributed by atoms with van der Waals surface area (Å²) in [4.78, 5) is 25.4. The minimum atomic E-state index is -0.592. The first-order chi connectivity index (χ1) is 31.6. The van der Waals surface area contributed by atoms with E-state index in [0.29, 0.717) is 19.4 Å². The Morgan fingerprint density at radius 1 is 0.359 bits per heavy atom. The third-order valence-corrected chi connectivity index (χ3v) is 10.8. The highest BCUT2D eigenvalue weighted by Gasteiger charge is 2.17. The van der Waals surface area contributed by atoms with Gasteiger partial charge in [0.05, 0.1) is 6.61 Å². The fourth-order valence-corrected chi connectivity index (χ4v) is 6.96. The maximum Gasteiger partial charge on any atom is 0.306 e. The SMILES string of the molecule is CC/C=C\C/C=C\C/C=C\C/C=C\C/C=C\CCCCCCOCC(COC(=O)CCCCCCCCCCCCCCCCC)OC(=O)CC/C=C\C/C=C\C/C=C\C/C=C\CC. The molecule has 0 aromatic heterocycles. The second-order valence-corrected chi connectivity index (χ2v) is 17.0. The maximum absolute atomic E-state index is 12.8. The first-order valence-electron chi connectivity index (χ1n) is 26.4. The lowest BCUT2D eigenvalue weighted by Crippen LogP contribution is -2.30. The van der Waals surface area contributed by atoms with Gasteiger partial charge in [-0.05, 0) is 89.9 Å². The molecular formula is C59H98O5. The van der Waals surface area contributed by atoms with Crippen LogP contribution in [0.3, 0.4) is 0 Å². The molecule has 0 aliphatic rings. The van der Waals surface area contributed by atoms with Crippen molar-refractivity contribution in [3.63, 3.8) is 0 Å². The molecule has 0 saturated carbocycles. The van der Waals surface area contributed by atoms with Crippen LogP contribution in [0, 0.1) is 0 Å². The molecule has 0 aliphatic heterocycles. The van der Waals surface area contributed by atoms with Crippen molar-refractivity contribution in [2.75, 3.05) is 19.8 Å². The third kappa shape index (κ3) is 51.2. The van der Waals surface area contributed by atoms with Crippen LogP contribution in [-0.2, 0) is 23.8 Å². The van der Waals surface area contributed by atoms with Crippen molar-refractivity contribution < 1.29 is 23.8 Å². The van der Waals surface area contributed by atoms with Crippen molar-refractivity contribution >= 4 is 11.9 Å². The van der Waals surface area contributed by atoms with Gasteiger partial charge in [0.15, 0.2) is 6.10 Å². The molecule has 5 heteroatoms. The second-order valence-electron chi connectivity index (χ2n) is 17.0. The Hall–Kier alpha value is -3.44. The van der Waals surface area contributed by atoms with E-state index in [1.807, 2.05) is 6.08 Å². The molecule has 0 aromatic carbocycles. The number of rotatable bonds is 47. The smallest absolute Gasteiger partial charge is 0.306 e. The average molecular weight is 887 g/mol. The number of ether oxygens (including phenoxy) is 3. The summed E-state index contributed by atoms with van der Waals surface area (Å²) in [6, 6.07) is 0. The summed E-state index contributed by atoms with van der Waals surface area (Å²) in [5.74, 6) is -0.507. The van der Waals surface area contributed by atoms with Crippen LogP contribution in [0.15, 0.2) is 109 Å². The summed E-state index contributed by atoms with van der Waals surface area (Å²) in [7, 11) is 0. The number of allylic oxidation sites excluding steroid dienone is 18. The second kappa shape index (κ2) is 53.9. The van der Waals surface area contributed by atoms with E-state index in [1.54, 1.807) is 0 Å². The molecule has 0 rings (SSSR count). The van der Waals surface area contributed by atoms with Gasteiger partial charge in [0, 0.05) is 19.4 Å². The van der Waals surface area contributed by atoms with E-state index < -0.39 is 6.10 Å². The summed E-state index contributed by atoms with van der Waals surface area (Å²) >= 11 is 0. The van der Waals surface area contributed by atoms with Crippen molar-refractivity contribution in [3.05, 3.63) is 109 Å². The van der Waals surface area contributed by atoms with Crippen LogP contribution >= 0.6 is 0 Å². The van der Waals surface area contributed by atoms with Crippen molar-refractivity contribution in [2.24, 2.45) is 0 Å². The summed E-state index contributed by atoms with van der Waals surface area (Å²) in [6.07, 6.45) is 74.0. The van der Waals surface area contributed by atoms with Crippen molar-refractivity contribution in [1.82, 2.24) is 0 Å². The van der Waals surface area contributed by atoms with Crippen molar-refractivity contribution in [3.8, 4) is 0 Å². The lowest BCUT2D eigenvalue weighted by Gasteiger charge is -2.18. The number of carbonyl (C=O) groups is 2. The topological polar surface area (TPSA) is 61.8 Å². The molecule has 0 radical (unpaired) electrons. The predicted molar refractivity (Wildman–Crippen MR) is 279 cm³/mol. The molecular weight excluding hydrogens is 789 g/mol. The number of hydrogen-bond donors (Lipinski definition) is 0. The van der Waals surface area contributed by atoms with E-state index in [1.165, 1.54) is 89.9 Å². The molecule has 0 spiro atoms. The molecule has 5 nitrogen and oxygen atoms in total. The lowest BCUT2D eigenvalue weighted by atomic mass is 10.0. The molecule has 0 fully saturated rings. The Morgan fingerprint density at radius 2 is 0.734 bits per heavy atom. The van der Waals surface area contributed by atoms with Gasteiger partial charge in [-0.15, -0.1) is 0 Å². The van der Waals surface area contributed by atoms with Gasteiger partial charge in [0.25, 0.3) is 0 Å². The average Bonchev–Trinajstić information content (AvgIpc) is 3.30. The van der Waals surface area contributed by atoms with Crippen LogP contribution in [0.5, 0.6) is 0 Å². The molecule has 0 saturated heterocycles. The van der Waals surface area contributed by atoms with E-state index in [-0.39, 0.29) is 31.6 Å². The van der Waals surface area contributed by atoms with Crippen molar-refractivity contribution in [2.45, 2.75) is 232 Å². The van der Waals surface area contributed by atoms with Crippen LogP contribution in [-0.4, -0.2) is 37.9 Å². The van der Waals surface area contributed by atoms with Gasteiger partial charge in [-0.25, -0.2) is 0 Å². The monoisotopic (exact) mass is 887 g/mol. The minimum absolute atomic E-state index is 0.0422. The highest BCUT2D eigenvalue weighted by Crippen LogP contribution is 2.14. The Bertz CT molecular complexity index is 1280. The highest BCUT2D eigenvalue weighted by atomic mass is 16.6. The number of carbonyl (C=O) groups excluding carboxylic acids is 2. The Morgan fingerprint density at radius 3 is 1.19 bits per heavy atom. The molecule has 64 heavy (non-hydrogen) atoms. The van der Waals surface area contributed by atoms with E-state index in [2.05, 4.69) is 124 Å². The van der Waals surface area contributed by atoms with Gasteiger partial charge in [-0.1, -0.05) is 233 Å². The molecule has 0 bridgehead atoms. The van der Waals surface area contributed by atoms with Gasteiger partial charge >= 0.3 is 11.9 Å². The Balaban J connectivity index is 4.39. The maximum atomic E-state index is 12.8. The van der Waals surface area contributed by atoms with Gasteiger partial charge < -0.3 is 14.2 Å². The Kier molecular flexibility index (Phi) is 51.0. The van der Waals surface area contributed by atoms with E-state index in [0.717, 1.165) is 96.3 Å². The molecule has 0 amide bonds. The van der Waals surface area contributed by atoms with Crippen molar-refractivity contribution in [1.29, 1.82) is 0 Å². The van der Waals surface area contributed by atoms with Gasteiger partial charge in [-0.2, -0.15) is 0 Å². The predicted octanol–water partition coefficient (Wildman–Crippen LogP) is 18.0. The quantitative estimate of drug-likeness (QED) is 0.0346. The van der Waals surface area contributed by atoms with Crippen LogP contribution in [0.2, 0.25) is 0 Å². The van der Waals surface area contributed by atoms with Crippen LogP contribution in [0.4, 0.5) is 0 Å². The summed E-state index contributed by atoms with van der Waals surface area (Å²) in [6.45, 7) is 7.47. The number of unbranched alkanes of at least 4 members (excludes halogenated alkanes) is 18. The number of hydrogen-bond acceptors (Lipinski definition) is 5. The largest absolute Gasteiger partial charge is 0.462 e. The van der Waals surface area contributed by atoms with E-state index in [9.17, 15) is 9.59 Å². The summed E-state index contributed by atoms with van der Waals surface area (Å²) in [5.41, 5.74) is 0. The van der Waals surface area contributed by atoms with Gasteiger partial charge in [-0.3, -0.25) is 9.59 Å². The first-order valence-corrected chi connectivity index (χ1v) is 26.4. The zero-order valence-corrected chi connectivity index (χ0v) is 41.8. The normalized spacial score (nSPS) is 13.1. The minimum Gasteiger partial charge on any atom is -0.462 e. The third-order valence-electron chi connectivity index (χ3n) is 10.8. The molecule has 364 valence electrons. The van der Waals surface area contributed by atoms with E-state index in [4.69, 9.17) is 14.2 Å². The van der Waals surface area contributed by atoms with E-state index >= 15 is 0 Å². The van der Waals surface area contributed by atoms with Gasteiger partial charge in [0.2, 0.25) is 0 Å². The molecule has 0 N–H and O–H groups in total. The highest BCUT2D eigenvalue weighted by molar-refractivity contribution is 5.70. The van der Waals surface area contributed by atoms with Crippen LogP contribution in [0.25, 0.3) is 0 Å². The van der Waals surface area contributed by atoms with Crippen LogP contribution < -0.4 is 0 Å². The first kappa shape index (κ1) is 60.6. The summed E-state index contributed by atoms with van der Waals surface area (Å²) in [5, 5.41) is 0. The number of esters is 2. The fourth-order valence-electron chi connectivity index (χ4n) is 6.96. The fraction of sp³-hybridized carbons (Fsp3) is 0.661. The zero-order valence-electron chi connectivity index (χ0n) is 41.8. The van der Waals surface area contributed by atoms with Crippen LogP contribution in [0.1, 0.15) is 226 Å². The molecule has 0 heterocycles. The van der Waals surface area contributed by atoms with Gasteiger partial charge in [0.1, 0.15) is 6.61 Å². The Labute approximate surface area is 395 Å². The summed E-state index contributed by atoms with van der Waals surface area (Å²) < 4.78 is 17.3. The molecule has 1 atom stereocenters. The molecule has 1 unspecified atom stereocenters. The zero-order chi connectivity index (χ0) is 46.3. The standard InChI is InChI=1S/C59H98O5/c1-4-7-10-13-16-19-22-25-27-28-29-30-31-33-36-39-42-45-48-51-54-62-55-57(64-59(61)53-50-47-44-41-38-34-24-21-18-15-12-9-6-3)56-63-58(60)52-49-46-43-40-37-35-32-26-23-20-17-14-11-8-5-2/h7,9-10,12,16,18-19,21,25,27,29-30,33-34,36,38,44,47,57H,4-6,8,11,13-15,17,20,22-24,26,28,31-32,35,37,39-43,45-46,48-56H2,1-3H3/b10-7-,12-9-,19-16-,21-18-,27-25-,30-29-,36-33-,38-34-,47-44-. The molecule has 0 aliphatic carbocycles. The molecule has 0 aromatic rings. The lowest BCUT2D eigenvalue weighted by molar-refractivity contribution is -0.162.